The summed E-state index contributed by atoms with van der Waals surface area (Å²) in [6.07, 6.45) is 7.48. The molecule has 2 aliphatic rings. The second kappa shape index (κ2) is 11.8. The van der Waals surface area contributed by atoms with E-state index in [1.807, 2.05) is 30.2 Å². The zero-order valence-electron chi connectivity index (χ0n) is 22.6. The second-order valence-electron chi connectivity index (χ2n) is 10.1. The molecule has 0 bridgehead atoms. The molecule has 0 atom stereocenters. The maximum absolute atomic E-state index is 12.6. The molecule has 6 rings (SSSR count). The van der Waals surface area contributed by atoms with E-state index in [0.717, 1.165) is 65.4 Å². The van der Waals surface area contributed by atoms with Crippen molar-refractivity contribution in [3.8, 4) is 11.4 Å². The van der Waals surface area contributed by atoms with Gasteiger partial charge in [0, 0.05) is 86.9 Å². The van der Waals surface area contributed by atoms with Crippen LogP contribution in [0.2, 0.25) is 0 Å². The van der Waals surface area contributed by atoms with Gasteiger partial charge in [-0.3, -0.25) is 14.5 Å². The Morgan fingerprint density at radius 3 is 2.70 bits per heavy atom. The smallest absolute Gasteiger partial charge is 0.223 e. The summed E-state index contributed by atoms with van der Waals surface area (Å²) in [7, 11) is 0. The van der Waals surface area contributed by atoms with Crippen molar-refractivity contribution >= 4 is 50.1 Å². The Labute approximate surface area is 236 Å². The Morgan fingerprint density at radius 1 is 1.07 bits per heavy atom. The molecule has 208 valence electrons. The van der Waals surface area contributed by atoms with Crippen LogP contribution in [0.1, 0.15) is 24.6 Å². The van der Waals surface area contributed by atoms with Crippen LogP contribution in [-0.2, 0) is 20.9 Å². The van der Waals surface area contributed by atoms with Gasteiger partial charge in [-0.1, -0.05) is 6.08 Å². The third-order valence-corrected chi connectivity index (χ3v) is 8.56. The molecule has 2 fully saturated rings. The number of pyridine rings is 1. The Hall–Kier alpha value is -3.67. The summed E-state index contributed by atoms with van der Waals surface area (Å²) in [5.41, 5.74) is 2.73. The molecular weight excluding hydrogens is 526 g/mol. The predicted octanol–water partition coefficient (Wildman–Crippen LogP) is 3.64. The first-order chi connectivity index (χ1) is 19.6. The summed E-state index contributed by atoms with van der Waals surface area (Å²) < 4.78 is 6.71. The minimum absolute atomic E-state index is 0.00315. The first kappa shape index (κ1) is 26.5. The normalized spacial score (nSPS) is 16.9. The molecule has 2 saturated heterocycles. The molecule has 4 aromatic heterocycles. The van der Waals surface area contributed by atoms with Gasteiger partial charge in [0.1, 0.15) is 5.65 Å². The average Bonchev–Trinajstić information content (AvgIpc) is 3.63. The minimum Gasteiger partial charge on any atom is -0.378 e. The molecule has 1 amide bonds. The van der Waals surface area contributed by atoms with Crippen LogP contribution in [0.25, 0.3) is 32.6 Å². The largest absolute Gasteiger partial charge is 0.378 e. The topological polar surface area (TPSA) is 108 Å². The van der Waals surface area contributed by atoms with Gasteiger partial charge in [-0.25, -0.2) is 15.0 Å². The lowest BCUT2D eigenvalue weighted by Crippen LogP contribution is -2.48. The number of allylic oxidation sites excluding steroid dienone is 2. The van der Waals surface area contributed by atoms with Gasteiger partial charge in [0.05, 0.1) is 23.4 Å². The molecule has 40 heavy (non-hydrogen) atoms. The molecule has 1 N–H and O–H groups in total. The van der Waals surface area contributed by atoms with E-state index in [0.29, 0.717) is 32.1 Å². The summed E-state index contributed by atoms with van der Waals surface area (Å²) in [6, 6.07) is 6.18. The van der Waals surface area contributed by atoms with E-state index in [1.54, 1.807) is 23.6 Å². The van der Waals surface area contributed by atoms with Gasteiger partial charge >= 0.3 is 0 Å². The van der Waals surface area contributed by atoms with Crippen LogP contribution in [0.3, 0.4) is 0 Å². The van der Waals surface area contributed by atoms with E-state index in [4.69, 9.17) is 14.7 Å². The Balaban J connectivity index is 1.21. The predicted molar refractivity (Wildman–Crippen MR) is 156 cm³/mol. The van der Waals surface area contributed by atoms with Crippen LogP contribution >= 0.6 is 11.3 Å². The highest BCUT2D eigenvalue weighted by Gasteiger charge is 2.24. The molecule has 0 aliphatic carbocycles. The van der Waals surface area contributed by atoms with Crippen LogP contribution in [0.15, 0.2) is 42.7 Å². The monoisotopic (exact) mass is 559 g/mol. The lowest BCUT2D eigenvalue weighted by Gasteiger charge is -2.34. The Kier molecular flexibility index (Phi) is 7.85. The van der Waals surface area contributed by atoms with Crippen molar-refractivity contribution in [2.45, 2.75) is 26.3 Å². The van der Waals surface area contributed by atoms with E-state index in [1.165, 1.54) is 11.0 Å². The van der Waals surface area contributed by atoms with Gasteiger partial charge in [-0.05, 0) is 31.2 Å². The maximum Gasteiger partial charge on any atom is 0.223 e. The average molecular weight is 560 g/mol. The van der Waals surface area contributed by atoms with Crippen molar-refractivity contribution in [1.82, 2.24) is 29.7 Å². The fourth-order valence-corrected chi connectivity index (χ4v) is 6.50. The zero-order chi connectivity index (χ0) is 27.5. The molecular formula is C29H33N7O3S. The number of carbonyl (C=O) groups excluding carboxylic acids is 2. The van der Waals surface area contributed by atoms with Crippen molar-refractivity contribution in [1.29, 1.82) is 0 Å². The van der Waals surface area contributed by atoms with E-state index in [-0.39, 0.29) is 24.5 Å². The molecule has 4 aromatic rings. The zero-order valence-corrected chi connectivity index (χ0v) is 23.5. The van der Waals surface area contributed by atoms with Gasteiger partial charge < -0.3 is 19.5 Å². The molecule has 0 spiro atoms. The number of amides is 1. The Bertz CT molecular complexity index is 1550. The van der Waals surface area contributed by atoms with Crippen molar-refractivity contribution in [2.75, 3.05) is 57.4 Å². The number of piperazine rings is 1. The number of thiophene rings is 1. The highest BCUT2D eigenvalue weighted by Crippen LogP contribution is 2.36. The fourth-order valence-electron chi connectivity index (χ4n) is 5.34. The number of hydrogen-bond donors (Lipinski definition) is 1. The van der Waals surface area contributed by atoms with Gasteiger partial charge in [0.15, 0.2) is 17.4 Å². The van der Waals surface area contributed by atoms with Crippen molar-refractivity contribution < 1.29 is 14.3 Å². The first-order valence-corrected chi connectivity index (χ1v) is 14.6. The number of nitrogens with one attached hydrogen (secondary N) is 1. The van der Waals surface area contributed by atoms with E-state index < -0.39 is 0 Å². The van der Waals surface area contributed by atoms with E-state index in [9.17, 15) is 9.59 Å². The molecule has 0 unspecified atom stereocenters. The summed E-state index contributed by atoms with van der Waals surface area (Å²) in [5, 5.41) is 1.00. The first-order valence-electron chi connectivity index (χ1n) is 13.8. The quantitative estimate of drug-likeness (QED) is 0.326. The molecule has 2 aliphatic heterocycles. The van der Waals surface area contributed by atoms with E-state index >= 15 is 0 Å². The molecule has 0 radical (unpaired) electrons. The third kappa shape index (κ3) is 5.63. The van der Waals surface area contributed by atoms with Crippen LogP contribution in [0, 0.1) is 0 Å². The summed E-state index contributed by atoms with van der Waals surface area (Å²) in [6.45, 7) is 8.54. The number of aromatic nitrogens is 4. The van der Waals surface area contributed by atoms with Crippen molar-refractivity contribution in [2.24, 2.45) is 0 Å². The van der Waals surface area contributed by atoms with Gasteiger partial charge in [-0.2, -0.15) is 0 Å². The van der Waals surface area contributed by atoms with Crippen LogP contribution < -0.4 is 4.90 Å². The number of aromatic amines is 1. The van der Waals surface area contributed by atoms with Gasteiger partial charge in [0.25, 0.3) is 0 Å². The van der Waals surface area contributed by atoms with Crippen molar-refractivity contribution in [3.63, 3.8) is 0 Å². The summed E-state index contributed by atoms with van der Waals surface area (Å²) in [4.78, 5) is 49.9. The number of morpholine rings is 1. The highest BCUT2D eigenvalue weighted by atomic mass is 32.1. The summed E-state index contributed by atoms with van der Waals surface area (Å²) in [5.74, 6) is 1.72. The maximum atomic E-state index is 12.6. The number of ether oxygens (including phenoxy) is 1. The SMILES string of the molecule is C/C=C/C(=O)CCC(=O)N1CCN(Cc2cc3nc(-c4ccnc5[nH]ccc45)nc(N4CCOCC4)c3s2)CC1. The van der Waals surface area contributed by atoms with Crippen LogP contribution in [0.4, 0.5) is 5.82 Å². The molecule has 10 nitrogen and oxygen atoms in total. The number of H-pyrrole nitrogens is 1. The number of carbonyl (C=O) groups is 2. The summed E-state index contributed by atoms with van der Waals surface area (Å²) >= 11 is 1.75. The highest BCUT2D eigenvalue weighted by molar-refractivity contribution is 7.19. The third-order valence-electron chi connectivity index (χ3n) is 7.46. The molecule has 0 aromatic carbocycles. The Morgan fingerprint density at radius 2 is 1.90 bits per heavy atom. The van der Waals surface area contributed by atoms with Gasteiger partial charge in [0.2, 0.25) is 5.91 Å². The lowest BCUT2D eigenvalue weighted by atomic mass is 10.1. The second-order valence-corrected chi connectivity index (χ2v) is 11.3. The van der Waals surface area contributed by atoms with Gasteiger partial charge in [-0.15, -0.1) is 11.3 Å². The molecule has 6 heterocycles. The number of anilines is 1. The van der Waals surface area contributed by atoms with Crippen LogP contribution in [-0.4, -0.2) is 93.9 Å². The molecule has 0 saturated carbocycles. The lowest BCUT2D eigenvalue weighted by molar-refractivity contribution is -0.134. The standard InChI is InChI=1S/C29H33N7O3S/c1-2-3-20(37)4-5-25(38)35-12-10-34(11-13-35)19-21-18-24-26(40-21)29(36-14-16-39-17-15-36)33-28(32-24)23-7-9-31-27-22(23)6-8-30-27/h2-3,6-9,18H,4-5,10-17,19H2,1H3,(H,30,31)/b3-2+. The number of ketones is 1. The van der Waals surface area contributed by atoms with Crippen molar-refractivity contribution in [3.05, 3.63) is 47.6 Å². The number of hydrogen-bond acceptors (Lipinski definition) is 9. The minimum atomic E-state index is 0.00315. The van der Waals surface area contributed by atoms with E-state index in [2.05, 4.69) is 25.8 Å². The molecule has 11 heteroatoms. The number of rotatable bonds is 8. The number of nitrogens with zero attached hydrogens (tertiary/aromatic N) is 6. The fraction of sp³-hybridized carbons (Fsp3) is 0.414. The van der Waals surface area contributed by atoms with Crippen LogP contribution in [0.5, 0.6) is 0 Å². The number of fused-ring (bicyclic) bond motifs is 2.